The van der Waals surface area contributed by atoms with E-state index in [1.807, 2.05) is 4.90 Å². The van der Waals surface area contributed by atoms with Gasteiger partial charge in [0, 0.05) is 18.2 Å². The predicted octanol–water partition coefficient (Wildman–Crippen LogP) is 3.83. The van der Waals surface area contributed by atoms with E-state index in [-0.39, 0.29) is 5.91 Å². The van der Waals surface area contributed by atoms with Gasteiger partial charge in [0.05, 0.1) is 21.3 Å². The molecule has 0 unspecified atom stereocenters. The van der Waals surface area contributed by atoms with Crippen molar-refractivity contribution < 1.29 is 19.0 Å². The lowest BCUT2D eigenvalue weighted by Gasteiger charge is -2.24. The van der Waals surface area contributed by atoms with Crippen molar-refractivity contribution in [3.8, 4) is 17.2 Å². The zero-order valence-electron chi connectivity index (χ0n) is 15.7. The molecule has 0 saturated heterocycles. The molecule has 0 aromatic heterocycles. The van der Waals surface area contributed by atoms with E-state index in [9.17, 15) is 4.79 Å². The van der Waals surface area contributed by atoms with Gasteiger partial charge in [-0.1, -0.05) is 29.8 Å². The number of methoxy groups -OCH3 is 3. The molecule has 1 aliphatic rings. The minimum atomic E-state index is -0.0210. The van der Waals surface area contributed by atoms with Gasteiger partial charge in [-0.3, -0.25) is 4.79 Å². The Kier molecular flexibility index (Phi) is 5.35. The molecular weight excluding hydrogens is 330 g/mol. The van der Waals surface area contributed by atoms with E-state index in [4.69, 9.17) is 14.2 Å². The maximum atomic E-state index is 13.2. The highest BCUT2D eigenvalue weighted by atomic mass is 16.5. The van der Waals surface area contributed by atoms with Crippen LogP contribution in [0.1, 0.15) is 34.3 Å². The predicted molar refractivity (Wildman–Crippen MR) is 100 cm³/mol. The van der Waals surface area contributed by atoms with Crippen LogP contribution in [0.2, 0.25) is 0 Å². The second kappa shape index (κ2) is 7.68. The Morgan fingerprint density at radius 1 is 1.00 bits per heavy atom. The zero-order valence-corrected chi connectivity index (χ0v) is 15.7. The molecule has 1 amide bonds. The van der Waals surface area contributed by atoms with Crippen molar-refractivity contribution in [3.05, 3.63) is 53.1 Å². The van der Waals surface area contributed by atoms with Crippen molar-refractivity contribution in [3.63, 3.8) is 0 Å². The van der Waals surface area contributed by atoms with E-state index in [1.165, 1.54) is 5.56 Å². The number of hydrogen-bond acceptors (Lipinski definition) is 4. The van der Waals surface area contributed by atoms with Crippen LogP contribution < -0.4 is 14.2 Å². The highest BCUT2D eigenvalue weighted by Crippen LogP contribution is 2.39. The Hall–Kier alpha value is -2.69. The van der Waals surface area contributed by atoms with E-state index in [2.05, 4.69) is 31.2 Å². The Balaban J connectivity index is 1.91. The molecule has 0 N–H and O–H groups in total. The number of nitrogens with zero attached hydrogens (tertiary/aromatic N) is 1. The molecule has 0 atom stereocenters. The topological polar surface area (TPSA) is 48.0 Å². The molecule has 0 heterocycles. The van der Waals surface area contributed by atoms with Crippen molar-refractivity contribution >= 4 is 5.91 Å². The first-order valence-electron chi connectivity index (χ1n) is 8.74. The lowest BCUT2D eigenvalue weighted by molar-refractivity contribution is 0.0729. The quantitative estimate of drug-likeness (QED) is 0.757. The summed E-state index contributed by atoms with van der Waals surface area (Å²) in [6, 6.07) is 12.0. The molecule has 0 radical (unpaired) electrons. The van der Waals surface area contributed by atoms with Crippen molar-refractivity contribution in [2.24, 2.45) is 0 Å². The summed E-state index contributed by atoms with van der Waals surface area (Å²) in [7, 11) is 4.66. The maximum Gasteiger partial charge on any atom is 0.254 e. The Morgan fingerprint density at radius 2 is 1.58 bits per heavy atom. The van der Waals surface area contributed by atoms with Gasteiger partial charge in [0.1, 0.15) is 0 Å². The largest absolute Gasteiger partial charge is 0.493 e. The van der Waals surface area contributed by atoms with Crippen LogP contribution in [-0.2, 0) is 6.54 Å². The molecule has 2 aromatic rings. The summed E-state index contributed by atoms with van der Waals surface area (Å²) in [5.74, 6) is 1.44. The molecule has 0 aliphatic heterocycles. The lowest BCUT2D eigenvalue weighted by Crippen LogP contribution is -2.32. The van der Waals surface area contributed by atoms with Crippen LogP contribution in [0.4, 0.5) is 0 Å². The van der Waals surface area contributed by atoms with Gasteiger partial charge in [-0.25, -0.2) is 0 Å². The summed E-state index contributed by atoms with van der Waals surface area (Å²) in [5.41, 5.74) is 2.88. The SMILES string of the molecule is COc1cc(C(=O)N(Cc2ccc(C)cc2)C2CC2)cc(OC)c1OC. The number of hydrogen-bond donors (Lipinski definition) is 0. The number of carbonyl (C=O) groups excluding carboxylic acids is 1. The first kappa shape index (κ1) is 18.1. The van der Waals surface area contributed by atoms with Crippen LogP contribution in [0, 0.1) is 6.92 Å². The number of carbonyl (C=O) groups is 1. The number of benzene rings is 2. The minimum absolute atomic E-state index is 0.0210. The van der Waals surface area contributed by atoms with Crippen LogP contribution in [0.5, 0.6) is 17.2 Å². The Morgan fingerprint density at radius 3 is 2.04 bits per heavy atom. The maximum absolute atomic E-state index is 13.2. The third-order valence-corrected chi connectivity index (χ3v) is 4.63. The fourth-order valence-corrected chi connectivity index (χ4v) is 3.01. The summed E-state index contributed by atoms with van der Waals surface area (Å²) in [5, 5.41) is 0. The third kappa shape index (κ3) is 3.77. The normalized spacial score (nSPS) is 13.2. The van der Waals surface area contributed by atoms with Gasteiger partial charge in [0.2, 0.25) is 5.75 Å². The standard InChI is InChI=1S/C21H25NO4/c1-14-5-7-15(8-6-14)13-22(17-9-10-17)21(23)16-11-18(24-2)20(26-4)19(12-16)25-3/h5-8,11-12,17H,9-10,13H2,1-4H3. The van der Waals surface area contributed by atoms with E-state index in [1.54, 1.807) is 33.5 Å². The zero-order chi connectivity index (χ0) is 18.7. The van der Waals surface area contributed by atoms with E-state index >= 15 is 0 Å². The van der Waals surface area contributed by atoms with E-state index in [0.717, 1.165) is 18.4 Å². The Bertz CT molecular complexity index is 756. The van der Waals surface area contributed by atoms with Crippen molar-refractivity contribution in [2.45, 2.75) is 32.4 Å². The second-order valence-electron chi connectivity index (χ2n) is 6.56. The summed E-state index contributed by atoms with van der Waals surface area (Å²) in [4.78, 5) is 15.1. The fraction of sp³-hybridized carbons (Fsp3) is 0.381. The van der Waals surface area contributed by atoms with Gasteiger partial charge in [-0.05, 0) is 37.5 Å². The molecule has 0 bridgehead atoms. The molecule has 5 nitrogen and oxygen atoms in total. The van der Waals surface area contributed by atoms with Crippen molar-refractivity contribution in [1.29, 1.82) is 0 Å². The van der Waals surface area contributed by atoms with Gasteiger partial charge in [0.25, 0.3) is 5.91 Å². The molecule has 5 heteroatoms. The molecule has 138 valence electrons. The summed E-state index contributed by atoms with van der Waals surface area (Å²) >= 11 is 0. The van der Waals surface area contributed by atoms with Crippen molar-refractivity contribution in [1.82, 2.24) is 4.90 Å². The molecule has 1 saturated carbocycles. The number of amides is 1. The monoisotopic (exact) mass is 355 g/mol. The molecule has 2 aromatic carbocycles. The van der Waals surface area contributed by atoms with E-state index in [0.29, 0.717) is 35.4 Å². The smallest absolute Gasteiger partial charge is 0.254 e. The van der Waals surface area contributed by atoms with Crippen LogP contribution in [0.15, 0.2) is 36.4 Å². The minimum Gasteiger partial charge on any atom is -0.493 e. The van der Waals surface area contributed by atoms with E-state index < -0.39 is 0 Å². The molecule has 1 fully saturated rings. The molecular formula is C21H25NO4. The molecule has 26 heavy (non-hydrogen) atoms. The first-order valence-corrected chi connectivity index (χ1v) is 8.74. The van der Waals surface area contributed by atoms with Gasteiger partial charge < -0.3 is 19.1 Å². The number of rotatable bonds is 7. The average Bonchev–Trinajstić information content (AvgIpc) is 3.50. The number of aryl methyl sites for hydroxylation is 1. The van der Waals surface area contributed by atoms with Crippen LogP contribution >= 0.6 is 0 Å². The average molecular weight is 355 g/mol. The Labute approximate surface area is 154 Å². The van der Waals surface area contributed by atoms with Gasteiger partial charge in [-0.15, -0.1) is 0 Å². The fourth-order valence-electron chi connectivity index (χ4n) is 3.01. The van der Waals surface area contributed by atoms with Crippen LogP contribution in [0.3, 0.4) is 0 Å². The van der Waals surface area contributed by atoms with Gasteiger partial charge in [0.15, 0.2) is 11.5 Å². The van der Waals surface area contributed by atoms with Gasteiger partial charge in [-0.2, -0.15) is 0 Å². The molecule has 3 rings (SSSR count). The first-order chi connectivity index (χ1) is 12.6. The molecule has 0 spiro atoms. The second-order valence-corrected chi connectivity index (χ2v) is 6.56. The highest BCUT2D eigenvalue weighted by Gasteiger charge is 2.33. The van der Waals surface area contributed by atoms with Gasteiger partial charge >= 0.3 is 0 Å². The highest BCUT2D eigenvalue weighted by molar-refractivity contribution is 5.96. The lowest BCUT2D eigenvalue weighted by atomic mass is 10.1. The van der Waals surface area contributed by atoms with Crippen LogP contribution in [-0.4, -0.2) is 38.2 Å². The summed E-state index contributed by atoms with van der Waals surface area (Å²) < 4.78 is 16.1. The molecule has 1 aliphatic carbocycles. The summed E-state index contributed by atoms with van der Waals surface area (Å²) in [6.45, 7) is 2.66. The third-order valence-electron chi connectivity index (χ3n) is 4.63. The summed E-state index contributed by atoms with van der Waals surface area (Å²) in [6.07, 6.45) is 2.09. The van der Waals surface area contributed by atoms with Crippen LogP contribution in [0.25, 0.3) is 0 Å². The number of ether oxygens (including phenoxy) is 3. The van der Waals surface area contributed by atoms with Crippen molar-refractivity contribution in [2.75, 3.05) is 21.3 Å².